The molecular weight excluding hydrogens is 305 g/mol. The summed E-state index contributed by atoms with van der Waals surface area (Å²) in [6.45, 7) is 2.07. The zero-order valence-electron chi connectivity index (χ0n) is 9.13. The average molecular weight is 321 g/mol. The summed E-state index contributed by atoms with van der Waals surface area (Å²) in [5, 5.41) is 0. The van der Waals surface area contributed by atoms with Gasteiger partial charge < -0.3 is 4.74 Å². The Morgan fingerprint density at radius 1 is 1.40 bits per heavy atom. The predicted octanol–water partition coefficient (Wildman–Crippen LogP) is 3.96. The second-order valence-electron chi connectivity index (χ2n) is 3.72. The van der Waals surface area contributed by atoms with Crippen LogP contribution < -0.4 is 4.74 Å². The maximum absolute atomic E-state index is 5.89. The van der Waals surface area contributed by atoms with Crippen LogP contribution in [0.4, 0.5) is 0 Å². The van der Waals surface area contributed by atoms with Crippen molar-refractivity contribution in [3.8, 4) is 5.75 Å². The molecule has 0 heterocycles. The van der Waals surface area contributed by atoms with E-state index in [-0.39, 0.29) is 0 Å². The molecule has 0 aliphatic heterocycles. The van der Waals surface area contributed by atoms with Crippen molar-refractivity contribution in [2.75, 3.05) is 0 Å². The van der Waals surface area contributed by atoms with Gasteiger partial charge in [-0.1, -0.05) is 6.92 Å². The molecule has 1 saturated carbocycles. The summed E-state index contributed by atoms with van der Waals surface area (Å²) >= 11 is 4.25. The van der Waals surface area contributed by atoms with Gasteiger partial charge in [0.2, 0.25) is 0 Å². The molecule has 1 fully saturated rings. The Labute approximate surface area is 109 Å². The van der Waals surface area contributed by atoms with Crippen molar-refractivity contribution in [3.63, 3.8) is 0 Å². The number of benzene rings is 1. The maximum atomic E-state index is 5.89. The number of aryl methyl sites for hydroxylation is 1. The van der Waals surface area contributed by atoms with Gasteiger partial charge in [0.25, 0.3) is 0 Å². The number of hydrogen-bond donors (Lipinski definition) is 0. The molecule has 0 amide bonds. The van der Waals surface area contributed by atoms with Crippen molar-refractivity contribution in [3.05, 3.63) is 29.8 Å². The normalized spacial score (nSPS) is 15.7. The van der Waals surface area contributed by atoms with Crippen LogP contribution in [0.1, 0.15) is 31.2 Å². The van der Waals surface area contributed by atoms with E-state index in [0.717, 1.165) is 5.75 Å². The summed E-state index contributed by atoms with van der Waals surface area (Å²) in [5.74, 6) is 1.03. The van der Waals surface area contributed by atoms with Crippen LogP contribution in [0, 0.1) is 13.0 Å². The van der Waals surface area contributed by atoms with Crippen molar-refractivity contribution in [2.45, 2.75) is 38.7 Å². The van der Waals surface area contributed by atoms with E-state index in [1.807, 2.05) is 18.2 Å². The average Bonchev–Trinajstić information content (AvgIpc) is 2.77. The van der Waals surface area contributed by atoms with E-state index in [1.165, 1.54) is 47.6 Å². The van der Waals surface area contributed by atoms with Gasteiger partial charge in [0, 0.05) is 5.75 Å². The number of hydrogen-bond acceptors (Lipinski definition) is 1. The molecule has 0 N–H and O–H groups in total. The van der Waals surface area contributed by atoms with Gasteiger partial charge >= 0.3 is 30.0 Å². The zero-order valence-corrected chi connectivity index (χ0v) is 13.7. The third-order valence-electron chi connectivity index (χ3n) is 2.62. The van der Waals surface area contributed by atoms with Crippen LogP contribution in [0.15, 0.2) is 18.2 Å². The van der Waals surface area contributed by atoms with Crippen LogP contribution in [0.5, 0.6) is 5.75 Å². The first-order valence-corrected chi connectivity index (χ1v) is 12.2. The monoisotopic (exact) mass is 318 g/mol. The Balaban J connectivity index is 0.000000531. The molecule has 1 aliphatic rings. The number of rotatable bonds is 2. The molecule has 0 atom stereocenters. The second kappa shape index (κ2) is 7.41. The van der Waals surface area contributed by atoms with E-state index in [2.05, 4.69) is 26.6 Å². The summed E-state index contributed by atoms with van der Waals surface area (Å²) in [6.07, 6.45) is 5.54. The molecule has 0 bridgehead atoms. The second-order valence-corrected chi connectivity index (χ2v) is 3.72. The Morgan fingerprint density at radius 2 is 2.07 bits per heavy atom. The van der Waals surface area contributed by atoms with E-state index in [1.54, 1.807) is 0 Å². The first-order valence-electron chi connectivity index (χ1n) is 5.26. The summed E-state index contributed by atoms with van der Waals surface area (Å²) in [7, 11) is 0. The molecule has 78 valence electrons. The van der Waals surface area contributed by atoms with Gasteiger partial charge in [-0.05, 0) is 25.7 Å². The van der Waals surface area contributed by atoms with Crippen molar-refractivity contribution in [1.29, 1.82) is 0 Å². The summed E-state index contributed by atoms with van der Waals surface area (Å²) in [5.41, 5.74) is 1.19. The summed E-state index contributed by atoms with van der Waals surface area (Å²) in [6, 6.07) is 8.94. The van der Waals surface area contributed by atoms with Crippen molar-refractivity contribution >= 4 is 13.6 Å². The van der Waals surface area contributed by atoms with Gasteiger partial charge in [0.1, 0.15) is 0 Å². The van der Waals surface area contributed by atoms with E-state index < -0.39 is 0 Å². The fourth-order valence-electron chi connectivity index (χ4n) is 1.82. The van der Waals surface area contributed by atoms with Crippen LogP contribution >= 0.6 is 13.6 Å². The summed E-state index contributed by atoms with van der Waals surface area (Å²) < 4.78 is 5.89. The van der Waals surface area contributed by atoms with Gasteiger partial charge in [0.05, 0.1) is 6.10 Å². The molecule has 0 saturated heterocycles. The molecule has 15 heavy (non-hydrogen) atoms. The molecule has 3 heteroatoms. The first-order chi connectivity index (χ1) is 7.36. The number of halogens is 1. The van der Waals surface area contributed by atoms with Gasteiger partial charge in [-0.25, -0.2) is 0 Å². The van der Waals surface area contributed by atoms with E-state index in [9.17, 15) is 0 Å². The van der Waals surface area contributed by atoms with E-state index >= 15 is 0 Å². The van der Waals surface area contributed by atoms with Crippen LogP contribution in [-0.4, -0.2) is 6.10 Å². The molecule has 1 aromatic rings. The van der Waals surface area contributed by atoms with Gasteiger partial charge in [-0.2, -0.15) is 18.2 Å². The van der Waals surface area contributed by atoms with Crippen LogP contribution in [0.3, 0.4) is 0 Å². The fraction of sp³-hybridized carbons (Fsp3) is 0.500. The van der Waals surface area contributed by atoms with Crippen molar-refractivity contribution in [1.82, 2.24) is 0 Å². The standard InChI is InChI=1S/C12H15O.BrH.Zn/c1-10-6-2-5-9-12(10)13-11-7-3-4-8-11;;/h5-6,9,11H,3-4,7-8H2,1H3;1H;/q-1;;+2/p-1. The third kappa shape index (κ3) is 4.24. The van der Waals surface area contributed by atoms with Crippen molar-refractivity contribution < 1.29 is 21.1 Å². The Bertz CT molecular complexity index is 285. The molecule has 0 unspecified atom stereocenters. The fourth-order valence-corrected chi connectivity index (χ4v) is 1.82. The SMILES string of the molecule is Cc1c[c-]ccc1OC1CCCC1.[Zn+][Br]. The quantitative estimate of drug-likeness (QED) is 0.592. The molecule has 2 rings (SSSR count). The van der Waals surface area contributed by atoms with E-state index in [4.69, 9.17) is 4.74 Å². The predicted molar refractivity (Wildman–Crippen MR) is 61.8 cm³/mol. The molecule has 0 spiro atoms. The minimum absolute atomic E-state index is 0.459. The Morgan fingerprint density at radius 3 is 2.67 bits per heavy atom. The van der Waals surface area contributed by atoms with E-state index in [0.29, 0.717) is 6.10 Å². The van der Waals surface area contributed by atoms with Gasteiger partial charge in [0.15, 0.2) is 0 Å². The molecule has 1 aliphatic carbocycles. The molecule has 1 nitrogen and oxygen atoms in total. The zero-order chi connectivity index (χ0) is 11.1. The van der Waals surface area contributed by atoms with Crippen molar-refractivity contribution in [2.24, 2.45) is 0 Å². The first kappa shape index (κ1) is 13.2. The van der Waals surface area contributed by atoms with Crippen LogP contribution in [0.2, 0.25) is 0 Å². The topological polar surface area (TPSA) is 9.23 Å². The van der Waals surface area contributed by atoms with Gasteiger partial charge in [-0.3, -0.25) is 0 Å². The Hall–Kier alpha value is 0.123. The Kier molecular flexibility index (Phi) is 6.51. The number of ether oxygens (including phenoxy) is 1. The minimum atomic E-state index is 0.459. The molecular formula is C12H15BrOZn. The molecule has 0 aromatic heterocycles. The molecule has 0 radical (unpaired) electrons. The van der Waals surface area contributed by atoms with Crippen LogP contribution in [-0.2, 0) is 16.3 Å². The van der Waals surface area contributed by atoms with Gasteiger partial charge in [-0.15, -0.1) is 11.6 Å². The molecule has 1 aromatic carbocycles. The van der Waals surface area contributed by atoms with Crippen LogP contribution in [0.25, 0.3) is 0 Å². The third-order valence-corrected chi connectivity index (χ3v) is 2.62. The summed E-state index contributed by atoms with van der Waals surface area (Å²) in [4.78, 5) is 0.